The van der Waals surface area contributed by atoms with Gasteiger partial charge in [0.15, 0.2) is 0 Å². The Balaban J connectivity index is 2.82. The lowest BCUT2D eigenvalue weighted by Gasteiger charge is -1.86. The average molecular weight is 194 g/mol. The van der Waals surface area contributed by atoms with Gasteiger partial charge in [-0.05, 0) is 25.1 Å². The van der Waals surface area contributed by atoms with E-state index in [0.717, 1.165) is 18.3 Å². The summed E-state index contributed by atoms with van der Waals surface area (Å²) in [7, 11) is 0. The van der Waals surface area contributed by atoms with Crippen molar-refractivity contribution >= 4 is 33.3 Å². The predicted octanol–water partition coefficient (Wildman–Crippen LogP) is 2.26. The molecule has 0 aromatic carbocycles. The molecule has 46 valence electrons. The van der Waals surface area contributed by atoms with Gasteiger partial charge >= 0.3 is 0 Å². The third kappa shape index (κ3) is 6.28. The molecule has 0 atom stereocenters. The van der Waals surface area contributed by atoms with Crippen molar-refractivity contribution in [1.82, 2.24) is 0 Å². The summed E-state index contributed by atoms with van der Waals surface area (Å²) >= 11 is 7.69. The summed E-state index contributed by atoms with van der Waals surface area (Å²) in [6.45, 7) is 0.828. The summed E-state index contributed by atoms with van der Waals surface area (Å²) < 4.78 is 0. The van der Waals surface area contributed by atoms with E-state index >= 15 is 0 Å². The highest BCUT2D eigenvalue weighted by Gasteiger charge is 1.80. The Hall–Kier alpha value is 0.280. The molecule has 0 aliphatic carbocycles. The third-order valence-electron chi connectivity index (χ3n) is 0.718. The first-order valence-electron chi connectivity index (χ1n) is 2.51. The minimum Gasteiger partial charge on any atom is -0.233 e. The fraction of sp³-hybridized carbons (Fsp3) is 0.800. The van der Waals surface area contributed by atoms with Gasteiger partial charge in [-0.2, -0.15) is 0 Å². The lowest BCUT2D eigenvalue weighted by Crippen LogP contribution is -1.79. The highest BCUT2D eigenvalue weighted by atomic mass is 79.9. The molecule has 0 N–H and O–H groups in total. The van der Waals surface area contributed by atoms with E-state index in [1.807, 2.05) is 0 Å². The topological polar surface area (TPSA) is 12.4 Å². The van der Waals surface area contributed by atoms with Gasteiger partial charge < -0.3 is 0 Å². The summed E-state index contributed by atoms with van der Waals surface area (Å²) in [4.78, 5) is 3.75. The number of isothiocyanates is 1. The van der Waals surface area contributed by atoms with E-state index in [4.69, 9.17) is 0 Å². The first-order chi connectivity index (χ1) is 3.91. The highest BCUT2D eigenvalue weighted by molar-refractivity contribution is 9.09. The van der Waals surface area contributed by atoms with Crippen molar-refractivity contribution in [2.75, 3.05) is 11.9 Å². The van der Waals surface area contributed by atoms with Crippen LogP contribution in [0.1, 0.15) is 12.8 Å². The molecule has 0 amide bonds. The zero-order valence-electron chi connectivity index (χ0n) is 4.56. The molecule has 0 aromatic heterocycles. The van der Waals surface area contributed by atoms with Gasteiger partial charge in [0.05, 0.1) is 5.16 Å². The Labute approximate surface area is 63.3 Å². The van der Waals surface area contributed by atoms with E-state index < -0.39 is 0 Å². The monoisotopic (exact) mass is 193 g/mol. The van der Waals surface area contributed by atoms with E-state index in [0.29, 0.717) is 0 Å². The smallest absolute Gasteiger partial charge is 0.0584 e. The molecule has 0 aliphatic heterocycles. The van der Waals surface area contributed by atoms with E-state index in [9.17, 15) is 0 Å². The number of hydrogen-bond donors (Lipinski definition) is 0. The molecular formula is C5H8BrNS. The van der Waals surface area contributed by atoms with Crippen LogP contribution in [0.2, 0.25) is 0 Å². The van der Waals surface area contributed by atoms with Crippen molar-refractivity contribution in [2.24, 2.45) is 4.99 Å². The molecule has 0 saturated heterocycles. The van der Waals surface area contributed by atoms with Crippen LogP contribution in [0.3, 0.4) is 0 Å². The minimum absolute atomic E-state index is 0.828. The summed E-state index contributed by atoms with van der Waals surface area (Å²) in [6.07, 6.45) is 2.27. The lowest BCUT2D eigenvalue weighted by atomic mass is 10.3. The number of thiocarbonyl (C=S) groups is 1. The van der Waals surface area contributed by atoms with Gasteiger partial charge in [0.2, 0.25) is 0 Å². The van der Waals surface area contributed by atoms with E-state index in [2.05, 4.69) is 38.3 Å². The SMILES string of the molecule is S=C=NCCCCBr. The third-order valence-corrected chi connectivity index (χ3v) is 1.41. The van der Waals surface area contributed by atoms with Crippen molar-refractivity contribution in [3.63, 3.8) is 0 Å². The number of halogens is 1. The molecule has 3 heteroatoms. The Morgan fingerprint density at radius 3 is 2.75 bits per heavy atom. The summed E-state index contributed by atoms with van der Waals surface area (Å²) in [6, 6.07) is 0. The summed E-state index contributed by atoms with van der Waals surface area (Å²) in [5.74, 6) is 0. The molecule has 0 aliphatic rings. The molecule has 0 radical (unpaired) electrons. The maximum Gasteiger partial charge on any atom is 0.0584 e. The highest BCUT2D eigenvalue weighted by Crippen LogP contribution is 1.92. The van der Waals surface area contributed by atoms with Crippen molar-refractivity contribution in [2.45, 2.75) is 12.8 Å². The molecule has 0 spiro atoms. The molecule has 0 bridgehead atoms. The first-order valence-corrected chi connectivity index (χ1v) is 4.04. The van der Waals surface area contributed by atoms with Crippen LogP contribution in [0.5, 0.6) is 0 Å². The van der Waals surface area contributed by atoms with Crippen LogP contribution in [0.25, 0.3) is 0 Å². The maximum absolute atomic E-state index is 4.37. The second kappa shape index (κ2) is 7.28. The fourth-order valence-corrected chi connectivity index (χ4v) is 0.819. The molecular weight excluding hydrogens is 186 g/mol. The van der Waals surface area contributed by atoms with Crippen LogP contribution in [-0.2, 0) is 0 Å². The van der Waals surface area contributed by atoms with Gasteiger partial charge in [-0.1, -0.05) is 15.9 Å². The lowest BCUT2D eigenvalue weighted by molar-refractivity contribution is 0.822. The number of nitrogens with zero attached hydrogens (tertiary/aromatic N) is 1. The van der Waals surface area contributed by atoms with Crippen LogP contribution >= 0.6 is 28.1 Å². The second-order valence-corrected chi connectivity index (χ2v) is 2.34. The van der Waals surface area contributed by atoms with Crippen LogP contribution in [0, 0.1) is 0 Å². The van der Waals surface area contributed by atoms with E-state index in [1.54, 1.807) is 0 Å². The minimum atomic E-state index is 0.828. The molecule has 1 nitrogen and oxygen atoms in total. The summed E-state index contributed by atoms with van der Waals surface area (Å²) in [5, 5.41) is 3.38. The molecule has 0 aromatic rings. The van der Waals surface area contributed by atoms with Crippen molar-refractivity contribution in [3.05, 3.63) is 0 Å². The maximum atomic E-state index is 4.37. The van der Waals surface area contributed by atoms with Crippen LogP contribution in [0.4, 0.5) is 0 Å². The quantitative estimate of drug-likeness (QED) is 0.289. The Kier molecular flexibility index (Phi) is 7.53. The predicted molar refractivity (Wildman–Crippen MR) is 42.9 cm³/mol. The van der Waals surface area contributed by atoms with Crippen LogP contribution in [0.15, 0.2) is 4.99 Å². The fourth-order valence-electron chi connectivity index (χ4n) is 0.331. The Bertz CT molecular complexity index is 88.4. The van der Waals surface area contributed by atoms with E-state index in [-0.39, 0.29) is 0 Å². The first kappa shape index (κ1) is 8.28. The van der Waals surface area contributed by atoms with Gasteiger partial charge in [-0.15, -0.1) is 0 Å². The van der Waals surface area contributed by atoms with Gasteiger partial charge in [-0.3, -0.25) is 0 Å². The molecule has 0 saturated carbocycles. The molecule has 0 fully saturated rings. The van der Waals surface area contributed by atoms with Gasteiger partial charge in [0.1, 0.15) is 0 Å². The molecule has 8 heavy (non-hydrogen) atoms. The second-order valence-electron chi connectivity index (χ2n) is 1.37. The number of unbranched alkanes of at least 4 members (excludes halogenated alkanes) is 1. The zero-order chi connectivity index (χ0) is 6.24. The van der Waals surface area contributed by atoms with Crippen molar-refractivity contribution in [1.29, 1.82) is 0 Å². The normalized spacial score (nSPS) is 8.12. The Morgan fingerprint density at radius 1 is 1.50 bits per heavy atom. The number of rotatable bonds is 4. The van der Waals surface area contributed by atoms with E-state index in [1.165, 1.54) is 6.42 Å². The number of aliphatic imine (C=N–C) groups is 1. The largest absolute Gasteiger partial charge is 0.233 e. The molecule has 0 heterocycles. The van der Waals surface area contributed by atoms with Gasteiger partial charge in [-0.25, -0.2) is 4.99 Å². The summed E-state index contributed by atoms with van der Waals surface area (Å²) in [5.41, 5.74) is 0. The van der Waals surface area contributed by atoms with Crippen molar-refractivity contribution < 1.29 is 0 Å². The molecule has 0 unspecified atom stereocenters. The van der Waals surface area contributed by atoms with Gasteiger partial charge in [0, 0.05) is 11.9 Å². The number of hydrogen-bond acceptors (Lipinski definition) is 2. The standard InChI is InChI=1S/C5H8BrNS/c6-3-1-2-4-7-5-8/h1-4H2. The van der Waals surface area contributed by atoms with Crippen molar-refractivity contribution in [3.8, 4) is 0 Å². The van der Waals surface area contributed by atoms with Gasteiger partial charge in [0.25, 0.3) is 0 Å². The zero-order valence-corrected chi connectivity index (χ0v) is 6.96. The Morgan fingerprint density at radius 2 is 2.25 bits per heavy atom. The van der Waals surface area contributed by atoms with Crippen LogP contribution in [-0.4, -0.2) is 17.0 Å². The van der Waals surface area contributed by atoms with Crippen LogP contribution < -0.4 is 0 Å². The average Bonchev–Trinajstić information content (AvgIpc) is 1.81. The number of alkyl halides is 1. The molecule has 0 rings (SSSR count).